The second-order valence-corrected chi connectivity index (χ2v) is 8.81. The molecule has 2 aromatic heterocycles. The third kappa shape index (κ3) is 3.26. The summed E-state index contributed by atoms with van der Waals surface area (Å²) in [5, 5.41) is 14.9. The number of hydrogen-bond acceptors (Lipinski definition) is 4. The summed E-state index contributed by atoms with van der Waals surface area (Å²) in [6.07, 6.45) is 0.320. The molecule has 1 aliphatic heterocycles. The van der Waals surface area contributed by atoms with Crippen LogP contribution in [-0.4, -0.2) is 38.2 Å². The Hall–Kier alpha value is -3.16. The molecule has 8 heteroatoms. The highest BCUT2D eigenvalue weighted by atomic mass is 19.1. The van der Waals surface area contributed by atoms with E-state index >= 15 is 0 Å². The maximum atomic E-state index is 13.3. The lowest BCUT2D eigenvalue weighted by Gasteiger charge is -2.38. The molecule has 2 unspecified atom stereocenters. The van der Waals surface area contributed by atoms with E-state index in [-0.39, 0.29) is 23.6 Å². The SMILES string of the molecule is CC(F)COc1cccc2c3n(nc12)CC(C(C)(C)C)n1cc(C(=O)O)c(=O)cc1-3. The number of carboxylic acids is 1. The summed E-state index contributed by atoms with van der Waals surface area (Å²) in [5.74, 6) is -0.773. The van der Waals surface area contributed by atoms with E-state index in [4.69, 9.17) is 9.84 Å². The highest BCUT2D eigenvalue weighted by Crippen LogP contribution is 2.43. The van der Waals surface area contributed by atoms with Gasteiger partial charge in [-0.3, -0.25) is 9.48 Å². The molecule has 0 bridgehead atoms. The first kappa shape index (κ1) is 20.1. The fraction of sp³-hybridized carbons (Fsp3) is 0.409. The zero-order chi connectivity index (χ0) is 21.8. The smallest absolute Gasteiger partial charge is 0.341 e. The van der Waals surface area contributed by atoms with Crippen molar-refractivity contribution in [1.82, 2.24) is 14.3 Å². The monoisotopic (exact) mass is 413 g/mol. The predicted molar refractivity (Wildman–Crippen MR) is 111 cm³/mol. The van der Waals surface area contributed by atoms with Gasteiger partial charge in [0.05, 0.1) is 24.0 Å². The lowest BCUT2D eigenvalue weighted by molar-refractivity contribution is 0.0693. The first-order valence-corrected chi connectivity index (χ1v) is 9.84. The number of rotatable bonds is 4. The second-order valence-electron chi connectivity index (χ2n) is 8.81. The largest absolute Gasteiger partial charge is 0.488 e. The van der Waals surface area contributed by atoms with Gasteiger partial charge in [0.1, 0.15) is 29.6 Å². The van der Waals surface area contributed by atoms with Crippen LogP contribution in [-0.2, 0) is 6.54 Å². The van der Waals surface area contributed by atoms with Gasteiger partial charge in [0.15, 0.2) is 5.43 Å². The van der Waals surface area contributed by atoms with E-state index in [0.717, 1.165) is 11.1 Å². The van der Waals surface area contributed by atoms with Gasteiger partial charge in [0.2, 0.25) is 0 Å². The van der Waals surface area contributed by atoms with Crippen LogP contribution in [0.3, 0.4) is 0 Å². The van der Waals surface area contributed by atoms with E-state index in [0.29, 0.717) is 23.5 Å². The molecule has 0 fully saturated rings. The lowest BCUT2D eigenvalue weighted by Crippen LogP contribution is -2.35. The zero-order valence-corrected chi connectivity index (χ0v) is 17.3. The molecule has 4 rings (SSSR count). The van der Waals surface area contributed by atoms with Crippen LogP contribution < -0.4 is 10.2 Å². The number of nitrogens with zero attached hydrogens (tertiary/aromatic N) is 3. The topological polar surface area (TPSA) is 86.3 Å². The number of alkyl halides is 1. The molecule has 2 atom stereocenters. The predicted octanol–water partition coefficient (Wildman–Crippen LogP) is 3.90. The quantitative estimate of drug-likeness (QED) is 0.701. The molecular weight excluding hydrogens is 389 g/mol. The Morgan fingerprint density at radius 2 is 2.13 bits per heavy atom. The third-order valence-electron chi connectivity index (χ3n) is 5.44. The van der Waals surface area contributed by atoms with Gasteiger partial charge in [-0.1, -0.05) is 32.9 Å². The number of aromatic nitrogens is 3. The fourth-order valence-corrected chi connectivity index (χ4v) is 3.95. The molecule has 7 nitrogen and oxygen atoms in total. The van der Waals surface area contributed by atoms with Crippen LogP contribution in [0.25, 0.3) is 22.3 Å². The van der Waals surface area contributed by atoms with Gasteiger partial charge in [0.25, 0.3) is 0 Å². The van der Waals surface area contributed by atoms with E-state index in [1.54, 1.807) is 12.1 Å². The molecular formula is C22H24FN3O4. The van der Waals surface area contributed by atoms with Crippen LogP contribution in [0.1, 0.15) is 44.1 Å². The molecule has 0 spiro atoms. The van der Waals surface area contributed by atoms with Gasteiger partial charge >= 0.3 is 5.97 Å². The first-order valence-electron chi connectivity index (χ1n) is 9.84. The summed E-state index contributed by atoms with van der Waals surface area (Å²) < 4.78 is 22.6. The molecule has 0 aliphatic carbocycles. The highest BCUT2D eigenvalue weighted by Gasteiger charge is 2.35. The molecule has 158 valence electrons. The molecule has 0 amide bonds. The average molecular weight is 413 g/mol. The number of fused-ring (bicyclic) bond motifs is 5. The van der Waals surface area contributed by atoms with E-state index in [9.17, 15) is 19.1 Å². The molecule has 0 saturated heterocycles. The van der Waals surface area contributed by atoms with Gasteiger partial charge in [0, 0.05) is 17.6 Å². The summed E-state index contributed by atoms with van der Waals surface area (Å²) in [6, 6.07) is 6.66. The summed E-state index contributed by atoms with van der Waals surface area (Å²) in [5.41, 5.74) is 0.879. The number of ether oxygens (including phenoxy) is 1. The minimum absolute atomic E-state index is 0.0794. The lowest BCUT2D eigenvalue weighted by atomic mass is 9.85. The number of carboxylic acid groups (broad SMARTS) is 1. The van der Waals surface area contributed by atoms with Crippen molar-refractivity contribution < 1.29 is 19.0 Å². The highest BCUT2D eigenvalue weighted by molar-refractivity contribution is 5.96. The summed E-state index contributed by atoms with van der Waals surface area (Å²) in [6.45, 7) is 8.03. The van der Waals surface area contributed by atoms with Crippen LogP contribution in [0.15, 0.2) is 35.3 Å². The zero-order valence-electron chi connectivity index (χ0n) is 17.3. The van der Waals surface area contributed by atoms with Crippen LogP contribution in [0.5, 0.6) is 5.75 Å². The number of hydrogen-bond donors (Lipinski definition) is 1. The molecule has 0 saturated carbocycles. The minimum atomic E-state index is -1.25. The Bertz CT molecular complexity index is 1200. The van der Waals surface area contributed by atoms with Gasteiger partial charge in [-0.05, 0) is 18.4 Å². The van der Waals surface area contributed by atoms with Crippen molar-refractivity contribution in [2.75, 3.05) is 6.61 Å². The van der Waals surface area contributed by atoms with Crippen LogP contribution in [0.4, 0.5) is 4.39 Å². The van der Waals surface area contributed by atoms with Crippen molar-refractivity contribution in [2.45, 2.75) is 46.5 Å². The number of aromatic carboxylic acids is 1. The number of benzene rings is 1. The first-order chi connectivity index (χ1) is 14.1. The van der Waals surface area contributed by atoms with E-state index in [1.807, 2.05) is 15.3 Å². The molecule has 0 radical (unpaired) electrons. The van der Waals surface area contributed by atoms with Crippen molar-refractivity contribution in [3.8, 4) is 17.1 Å². The number of pyridine rings is 1. The van der Waals surface area contributed by atoms with Crippen molar-refractivity contribution in [2.24, 2.45) is 5.41 Å². The van der Waals surface area contributed by atoms with Gasteiger partial charge in [-0.2, -0.15) is 5.10 Å². The molecule has 3 heterocycles. The minimum Gasteiger partial charge on any atom is -0.488 e. The van der Waals surface area contributed by atoms with Gasteiger partial charge in [-0.25, -0.2) is 9.18 Å². The van der Waals surface area contributed by atoms with E-state index in [2.05, 4.69) is 20.8 Å². The van der Waals surface area contributed by atoms with Crippen LogP contribution in [0.2, 0.25) is 0 Å². The van der Waals surface area contributed by atoms with Crippen LogP contribution in [0, 0.1) is 5.41 Å². The maximum Gasteiger partial charge on any atom is 0.341 e. The van der Waals surface area contributed by atoms with Crippen molar-refractivity contribution in [3.63, 3.8) is 0 Å². The third-order valence-corrected chi connectivity index (χ3v) is 5.44. The molecule has 1 aromatic carbocycles. The van der Waals surface area contributed by atoms with E-state index in [1.165, 1.54) is 19.2 Å². The fourth-order valence-electron chi connectivity index (χ4n) is 3.95. The Balaban J connectivity index is 1.98. The Labute approximate surface area is 172 Å². The van der Waals surface area contributed by atoms with Crippen molar-refractivity contribution in [3.05, 3.63) is 46.2 Å². The number of halogens is 1. The van der Waals surface area contributed by atoms with E-state index < -0.39 is 17.6 Å². The summed E-state index contributed by atoms with van der Waals surface area (Å²) in [7, 11) is 0. The van der Waals surface area contributed by atoms with Gasteiger partial charge < -0.3 is 14.4 Å². The molecule has 1 aliphatic rings. The second kappa shape index (κ2) is 6.97. The molecule has 3 aromatic rings. The van der Waals surface area contributed by atoms with Gasteiger partial charge in [-0.15, -0.1) is 0 Å². The maximum absolute atomic E-state index is 13.3. The Kier molecular flexibility index (Phi) is 4.67. The van der Waals surface area contributed by atoms with Crippen molar-refractivity contribution >= 4 is 16.9 Å². The molecule has 30 heavy (non-hydrogen) atoms. The molecule has 1 N–H and O–H groups in total. The summed E-state index contributed by atoms with van der Waals surface area (Å²) >= 11 is 0. The number of carbonyl (C=O) groups is 1. The standard InChI is InChI=1S/C22H24FN3O4/c1-12(23)11-30-17-7-5-6-13-19(17)24-26-10-18(22(2,3)4)25-9-14(21(28)29)16(27)8-15(25)20(13)26/h5-9,12,18H,10-11H2,1-4H3,(H,28,29). The van der Waals surface area contributed by atoms with Crippen molar-refractivity contribution in [1.29, 1.82) is 0 Å². The summed E-state index contributed by atoms with van der Waals surface area (Å²) in [4.78, 5) is 24.1. The Morgan fingerprint density at radius 3 is 2.77 bits per heavy atom. The Morgan fingerprint density at radius 1 is 1.40 bits per heavy atom. The normalized spacial score (nSPS) is 16.8. The average Bonchev–Trinajstić information content (AvgIpc) is 3.03. The van der Waals surface area contributed by atoms with Crippen LogP contribution >= 0.6 is 0 Å².